The summed E-state index contributed by atoms with van der Waals surface area (Å²) in [4.78, 5) is 27.4. The highest BCUT2D eigenvalue weighted by molar-refractivity contribution is 5.68. The topological polar surface area (TPSA) is 94.9 Å². The predicted molar refractivity (Wildman–Crippen MR) is 104 cm³/mol. The van der Waals surface area contributed by atoms with Crippen LogP contribution in [0.1, 0.15) is 17.6 Å². The summed E-state index contributed by atoms with van der Waals surface area (Å²) < 4.78 is 35.4. The molecular formula is C20H17F2N7O2. The standard InChI is InChI=1S/C20H17F2N7O2/c1-27-8-23-19-17(27)20(30)29(9-24-19)7-15-25-18(26-31-15)16-13-5-28(6-14(13)16)12-3-10(21)2-11(22)4-12/h2-4,8-9,13-14,16H,5-7H2,1H3/t13-,14+,16+. The van der Waals surface area contributed by atoms with Crippen molar-refractivity contribution in [2.75, 3.05) is 18.0 Å². The number of hydrogen-bond acceptors (Lipinski definition) is 7. The molecule has 4 aromatic rings. The van der Waals surface area contributed by atoms with Crippen LogP contribution in [-0.2, 0) is 13.6 Å². The van der Waals surface area contributed by atoms with Gasteiger partial charge in [0, 0.05) is 37.8 Å². The first kappa shape index (κ1) is 18.2. The smallest absolute Gasteiger partial charge is 0.280 e. The molecule has 1 aliphatic carbocycles. The van der Waals surface area contributed by atoms with E-state index in [-0.39, 0.29) is 18.0 Å². The molecule has 2 aliphatic rings. The van der Waals surface area contributed by atoms with Crippen LogP contribution in [0.5, 0.6) is 0 Å². The van der Waals surface area contributed by atoms with E-state index in [4.69, 9.17) is 4.52 Å². The van der Waals surface area contributed by atoms with Crippen molar-refractivity contribution in [3.05, 3.63) is 64.6 Å². The molecule has 9 nitrogen and oxygen atoms in total. The van der Waals surface area contributed by atoms with Crippen molar-refractivity contribution in [1.82, 2.24) is 29.2 Å². The number of fused-ring (bicyclic) bond motifs is 2. The van der Waals surface area contributed by atoms with Gasteiger partial charge in [-0.15, -0.1) is 0 Å². The van der Waals surface area contributed by atoms with E-state index in [1.807, 2.05) is 4.90 Å². The summed E-state index contributed by atoms with van der Waals surface area (Å²) in [5.74, 6) is 0.556. The molecule has 31 heavy (non-hydrogen) atoms. The molecule has 0 unspecified atom stereocenters. The van der Waals surface area contributed by atoms with E-state index in [0.717, 1.165) is 6.07 Å². The van der Waals surface area contributed by atoms with Crippen LogP contribution in [0.2, 0.25) is 0 Å². The zero-order chi connectivity index (χ0) is 21.3. The molecule has 11 heteroatoms. The zero-order valence-electron chi connectivity index (χ0n) is 16.4. The average Bonchev–Trinajstić information content (AvgIpc) is 3.15. The van der Waals surface area contributed by atoms with E-state index in [9.17, 15) is 13.6 Å². The fourth-order valence-corrected chi connectivity index (χ4v) is 4.64. The highest BCUT2D eigenvalue weighted by Crippen LogP contribution is 2.57. The zero-order valence-corrected chi connectivity index (χ0v) is 16.4. The average molecular weight is 425 g/mol. The molecule has 0 bridgehead atoms. The second-order valence-electron chi connectivity index (χ2n) is 8.14. The highest BCUT2D eigenvalue weighted by Gasteiger charge is 2.58. The molecule has 3 atom stereocenters. The molecule has 0 spiro atoms. The quantitative estimate of drug-likeness (QED) is 0.491. The summed E-state index contributed by atoms with van der Waals surface area (Å²) >= 11 is 0. The van der Waals surface area contributed by atoms with Crippen LogP contribution >= 0.6 is 0 Å². The number of piperidine rings is 1. The van der Waals surface area contributed by atoms with Gasteiger partial charge in [-0.3, -0.25) is 9.36 Å². The Kier molecular flexibility index (Phi) is 3.77. The Hall–Kier alpha value is -3.63. The molecule has 0 amide bonds. The van der Waals surface area contributed by atoms with Crippen molar-refractivity contribution in [3.63, 3.8) is 0 Å². The van der Waals surface area contributed by atoms with E-state index in [2.05, 4.69) is 20.1 Å². The Morgan fingerprint density at radius 1 is 1.10 bits per heavy atom. The Labute approximate surface area is 173 Å². The molecule has 1 aliphatic heterocycles. The lowest BCUT2D eigenvalue weighted by Crippen LogP contribution is -2.24. The van der Waals surface area contributed by atoms with Crippen LogP contribution in [-0.4, -0.2) is 42.3 Å². The number of hydrogen-bond donors (Lipinski definition) is 0. The van der Waals surface area contributed by atoms with Crippen LogP contribution in [0.15, 0.2) is 40.2 Å². The molecule has 6 rings (SSSR count). The predicted octanol–water partition coefficient (Wildman–Crippen LogP) is 1.69. The van der Waals surface area contributed by atoms with Gasteiger partial charge in [-0.2, -0.15) is 4.98 Å². The fraction of sp³-hybridized carbons (Fsp3) is 0.350. The molecular weight excluding hydrogens is 408 g/mol. The molecule has 3 aromatic heterocycles. The fourth-order valence-electron chi connectivity index (χ4n) is 4.64. The second kappa shape index (κ2) is 6.43. The van der Waals surface area contributed by atoms with Crippen molar-refractivity contribution < 1.29 is 13.3 Å². The molecule has 2 fully saturated rings. The van der Waals surface area contributed by atoms with Gasteiger partial charge in [-0.05, 0) is 24.0 Å². The molecule has 0 radical (unpaired) electrons. The van der Waals surface area contributed by atoms with Crippen molar-refractivity contribution in [2.24, 2.45) is 18.9 Å². The van der Waals surface area contributed by atoms with Gasteiger partial charge in [0.15, 0.2) is 17.0 Å². The Morgan fingerprint density at radius 2 is 1.81 bits per heavy atom. The van der Waals surface area contributed by atoms with E-state index in [1.54, 1.807) is 17.9 Å². The number of nitrogens with zero attached hydrogens (tertiary/aromatic N) is 7. The normalized spacial score (nSPS) is 22.3. The van der Waals surface area contributed by atoms with Gasteiger partial charge in [-0.1, -0.05) is 5.16 Å². The summed E-state index contributed by atoms with van der Waals surface area (Å²) in [6.07, 6.45) is 2.96. The first-order valence-electron chi connectivity index (χ1n) is 9.88. The van der Waals surface area contributed by atoms with Crippen molar-refractivity contribution >= 4 is 16.9 Å². The summed E-state index contributed by atoms with van der Waals surface area (Å²) in [6, 6.07) is 3.57. The minimum absolute atomic E-state index is 0.122. The minimum Gasteiger partial charge on any atom is -0.371 e. The SMILES string of the molecule is Cn1cnc2ncn(Cc3nc([C@H]4[C@@H]5CN(c6cc(F)cc(F)c6)C[C@@H]54)no3)c(=O)c21. The number of halogens is 2. The minimum atomic E-state index is -0.580. The molecule has 158 valence electrons. The summed E-state index contributed by atoms with van der Waals surface area (Å²) in [5.41, 5.74) is 1.12. The van der Waals surface area contributed by atoms with Gasteiger partial charge >= 0.3 is 0 Å². The lowest BCUT2D eigenvalue weighted by Gasteiger charge is -2.21. The van der Waals surface area contributed by atoms with Gasteiger partial charge in [0.25, 0.3) is 5.56 Å². The number of aromatic nitrogens is 6. The molecule has 1 saturated heterocycles. The van der Waals surface area contributed by atoms with Crippen LogP contribution in [0.3, 0.4) is 0 Å². The number of anilines is 1. The van der Waals surface area contributed by atoms with Crippen LogP contribution < -0.4 is 10.5 Å². The number of rotatable bonds is 4. The maximum atomic E-state index is 13.5. The monoisotopic (exact) mass is 425 g/mol. The third-order valence-corrected chi connectivity index (χ3v) is 6.19. The first-order valence-corrected chi connectivity index (χ1v) is 9.88. The van der Waals surface area contributed by atoms with Crippen LogP contribution in [0.25, 0.3) is 11.2 Å². The Bertz CT molecular complexity index is 1350. The lowest BCUT2D eigenvalue weighted by atomic mass is 10.2. The number of aryl methyl sites for hydroxylation is 1. The Balaban J connectivity index is 1.17. The molecule has 1 saturated carbocycles. The summed E-state index contributed by atoms with van der Waals surface area (Å²) in [7, 11) is 1.74. The second-order valence-corrected chi connectivity index (χ2v) is 8.14. The van der Waals surface area contributed by atoms with E-state index in [0.29, 0.717) is 53.5 Å². The van der Waals surface area contributed by atoms with E-state index in [1.165, 1.54) is 23.0 Å². The molecule has 4 heterocycles. The van der Waals surface area contributed by atoms with Gasteiger partial charge in [0.05, 0.1) is 6.33 Å². The van der Waals surface area contributed by atoms with Gasteiger partial charge in [0.2, 0.25) is 5.89 Å². The van der Waals surface area contributed by atoms with Gasteiger partial charge < -0.3 is 14.0 Å². The van der Waals surface area contributed by atoms with E-state index < -0.39 is 11.6 Å². The molecule has 0 N–H and O–H groups in total. The third kappa shape index (κ3) is 2.91. The highest BCUT2D eigenvalue weighted by atomic mass is 19.1. The van der Waals surface area contributed by atoms with Crippen molar-refractivity contribution in [3.8, 4) is 0 Å². The maximum Gasteiger partial charge on any atom is 0.280 e. The largest absolute Gasteiger partial charge is 0.371 e. The third-order valence-electron chi connectivity index (χ3n) is 6.19. The van der Waals surface area contributed by atoms with Crippen LogP contribution in [0.4, 0.5) is 14.5 Å². The van der Waals surface area contributed by atoms with Crippen LogP contribution in [0, 0.1) is 23.5 Å². The van der Waals surface area contributed by atoms with Crippen molar-refractivity contribution in [1.29, 1.82) is 0 Å². The summed E-state index contributed by atoms with van der Waals surface area (Å²) in [5, 5.41) is 4.10. The number of imidazole rings is 1. The van der Waals surface area contributed by atoms with Crippen molar-refractivity contribution in [2.45, 2.75) is 12.5 Å². The molecule has 1 aromatic carbocycles. The maximum absolute atomic E-state index is 13.5. The van der Waals surface area contributed by atoms with E-state index >= 15 is 0 Å². The van der Waals surface area contributed by atoms with Gasteiger partial charge in [-0.25, -0.2) is 18.7 Å². The lowest BCUT2D eigenvalue weighted by molar-refractivity contribution is 0.363. The number of benzene rings is 1. The Morgan fingerprint density at radius 3 is 2.55 bits per heavy atom. The van der Waals surface area contributed by atoms with Gasteiger partial charge in [0.1, 0.15) is 24.5 Å². The summed E-state index contributed by atoms with van der Waals surface area (Å²) in [6.45, 7) is 1.49. The first-order chi connectivity index (χ1) is 15.0.